The van der Waals surface area contributed by atoms with Gasteiger partial charge in [-0.2, -0.15) is 5.11 Å². The Kier molecular flexibility index (Phi) is 9.74. The molecule has 0 amide bonds. The summed E-state index contributed by atoms with van der Waals surface area (Å²) >= 11 is 12.1. The first-order valence-electron chi connectivity index (χ1n) is 13.9. The van der Waals surface area contributed by atoms with Crippen LogP contribution < -0.4 is 10.9 Å². The molecule has 0 unspecified atom stereocenters. The molecule has 0 fully saturated rings. The summed E-state index contributed by atoms with van der Waals surface area (Å²) < 4.78 is 0. The molecule has 0 aliphatic carbocycles. The minimum atomic E-state index is 0.532. The van der Waals surface area contributed by atoms with Crippen molar-refractivity contribution in [3.8, 4) is 0 Å². The Bertz CT molecular complexity index is 1890. The van der Waals surface area contributed by atoms with E-state index in [-0.39, 0.29) is 0 Å². The van der Waals surface area contributed by atoms with Gasteiger partial charge in [0.05, 0.1) is 61.9 Å². The molecule has 2 N–H and O–H groups in total. The standard InChI is InChI=1S/C34H30Cl2N8/c1-21-33(43-41-27-17-13-25(35)14-18-27)22(2)38-31-11-7-8-12-32(31)40-24(4)34(44-42-28-19-15-26(36)16-20-28)23(3)39-30-10-6-5-9-29(30)37-21/h5-20,41,43H,1-4H3. The molecule has 5 aromatic rings. The van der Waals surface area contributed by atoms with Crippen molar-refractivity contribution in [2.45, 2.75) is 27.7 Å². The number of aryl methyl sites for hydroxylation is 4. The van der Waals surface area contributed by atoms with Crippen molar-refractivity contribution < 1.29 is 0 Å². The van der Waals surface area contributed by atoms with Gasteiger partial charge in [-0.25, -0.2) is 19.9 Å². The fourth-order valence-corrected chi connectivity index (χ4v) is 4.63. The molecule has 0 atom stereocenters. The van der Waals surface area contributed by atoms with Crippen molar-refractivity contribution in [3.05, 3.63) is 130 Å². The van der Waals surface area contributed by atoms with E-state index in [4.69, 9.17) is 43.1 Å². The second-order valence-corrected chi connectivity index (χ2v) is 10.8. The molecule has 0 spiro atoms. The van der Waals surface area contributed by atoms with Gasteiger partial charge in [-0.05, 0) is 100 Å². The number of nitrogens with one attached hydrogen (secondary N) is 2. The predicted molar refractivity (Wildman–Crippen MR) is 181 cm³/mol. The van der Waals surface area contributed by atoms with Crippen LogP contribution in [0.25, 0.3) is 22.1 Å². The average molecular weight is 622 g/mol. The smallest absolute Gasteiger partial charge is 0.128 e. The molecule has 10 heteroatoms. The zero-order valence-corrected chi connectivity index (χ0v) is 26.2. The molecule has 0 aliphatic heterocycles. The molecular formula is C34H30Cl2N8. The normalized spacial score (nSPS) is 10.9. The summed E-state index contributed by atoms with van der Waals surface area (Å²) in [6, 6.07) is 29.9. The van der Waals surface area contributed by atoms with Gasteiger partial charge in [-0.15, -0.1) is 5.11 Å². The first-order chi connectivity index (χ1) is 21.3. The quantitative estimate of drug-likeness (QED) is 0.150. The Morgan fingerprint density at radius 1 is 0.477 bits per heavy atom. The number of rotatable bonds is 5. The summed E-state index contributed by atoms with van der Waals surface area (Å²) in [5.41, 5.74) is 14.7. The highest BCUT2D eigenvalue weighted by atomic mass is 35.5. The van der Waals surface area contributed by atoms with Gasteiger partial charge in [0.15, 0.2) is 0 Å². The number of fused-ring (bicyclic) bond motifs is 2. The molecule has 1 heterocycles. The molecule has 0 saturated heterocycles. The van der Waals surface area contributed by atoms with Crippen molar-refractivity contribution in [2.24, 2.45) is 10.2 Å². The number of hydrogen-bond acceptors (Lipinski definition) is 8. The highest BCUT2D eigenvalue weighted by Gasteiger charge is 2.07. The van der Waals surface area contributed by atoms with Crippen LogP contribution in [-0.4, -0.2) is 19.9 Å². The van der Waals surface area contributed by atoms with Gasteiger partial charge < -0.3 is 5.43 Å². The summed E-state index contributed by atoms with van der Waals surface area (Å²) in [7, 11) is 0. The number of para-hydroxylation sites is 4. The van der Waals surface area contributed by atoms with E-state index in [1.165, 1.54) is 0 Å². The molecule has 1 aromatic heterocycles. The summed E-state index contributed by atoms with van der Waals surface area (Å²) in [6.45, 7) is 7.63. The molecular weight excluding hydrogens is 591 g/mol. The number of hydrazine groups is 1. The van der Waals surface area contributed by atoms with Crippen molar-refractivity contribution in [3.63, 3.8) is 0 Å². The Labute approximate surface area is 265 Å². The molecule has 220 valence electrons. The van der Waals surface area contributed by atoms with Gasteiger partial charge in [0.2, 0.25) is 0 Å². The summed E-state index contributed by atoms with van der Waals surface area (Å²) in [5.74, 6) is 0. The zero-order chi connectivity index (χ0) is 31.1. The third-order valence-corrected chi connectivity index (χ3v) is 7.10. The molecule has 0 aliphatic rings. The van der Waals surface area contributed by atoms with Crippen LogP contribution >= 0.6 is 23.2 Å². The molecule has 4 aromatic carbocycles. The van der Waals surface area contributed by atoms with Crippen LogP contribution in [-0.2, 0) is 0 Å². The molecule has 0 saturated carbocycles. The topological polar surface area (TPSA) is 100 Å². The van der Waals surface area contributed by atoms with Gasteiger partial charge in [0.1, 0.15) is 5.69 Å². The highest BCUT2D eigenvalue weighted by Crippen LogP contribution is 2.25. The van der Waals surface area contributed by atoms with Crippen molar-refractivity contribution >= 4 is 68.0 Å². The van der Waals surface area contributed by atoms with E-state index in [2.05, 4.69) is 21.1 Å². The minimum Gasteiger partial charge on any atom is -0.301 e. The lowest BCUT2D eigenvalue weighted by atomic mass is 10.2. The lowest BCUT2D eigenvalue weighted by Crippen LogP contribution is -2.11. The number of anilines is 2. The Balaban J connectivity index is 1.79. The number of halogens is 2. The molecule has 8 nitrogen and oxygen atoms in total. The maximum atomic E-state index is 6.08. The second-order valence-electron chi connectivity index (χ2n) is 9.92. The lowest BCUT2D eigenvalue weighted by Gasteiger charge is -2.12. The average Bonchev–Trinajstić information content (AvgIpc) is 3.01. The lowest BCUT2D eigenvalue weighted by molar-refractivity contribution is 1.11. The summed E-state index contributed by atoms with van der Waals surface area (Å²) in [5, 5.41) is 10.3. The van der Waals surface area contributed by atoms with Crippen LogP contribution in [0.5, 0.6) is 0 Å². The fourth-order valence-electron chi connectivity index (χ4n) is 4.38. The van der Waals surface area contributed by atoms with Gasteiger partial charge >= 0.3 is 0 Å². The fraction of sp³-hybridized carbons (Fsp3) is 0.118. The van der Waals surface area contributed by atoms with E-state index in [0.717, 1.165) is 5.69 Å². The molecule has 5 rings (SSSR count). The molecule has 0 bridgehead atoms. The van der Waals surface area contributed by atoms with Crippen LogP contribution in [0.1, 0.15) is 22.8 Å². The number of nitrogens with zero attached hydrogens (tertiary/aromatic N) is 6. The zero-order valence-electron chi connectivity index (χ0n) is 24.7. The van der Waals surface area contributed by atoms with Gasteiger partial charge in [-0.1, -0.05) is 47.5 Å². The van der Waals surface area contributed by atoms with Crippen molar-refractivity contribution in [2.75, 3.05) is 10.9 Å². The number of azo groups is 1. The van der Waals surface area contributed by atoms with E-state index in [9.17, 15) is 0 Å². The van der Waals surface area contributed by atoms with Gasteiger partial charge in [0.25, 0.3) is 0 Å². The second kappa shape index (κ2) is 14.0. The number of benzene rings is 4. The molecule has 0 radical (unpaired) electrons. The van der Waals surface area contributed by atoms with Gasteiger partial charge in [-0.3, -0.25) is 5.43 Å². The van der Waals surface area contributed by atoms with Crippen LogP contribution in [0.15, 0.2) is 107 Å². The first-order valence-corrected chi connectivity index (χ1v) is 14.6. The van der Waals surface area contributed by atoms with Crippen LogP contribution in [0, 0.1) is 27.7 Å². The Morgan fingerprint density at radius 3 is 1.34 bits per heavy atom. The predicted octanol–water partition coefficient (Wildman–Crippen LogP) is 10.2. The van der Waals surface area contributed by atoms with E-state index in [1.54, 1.807) is 24.3 Å². The molecule has 44 heavy (non-hydrogen) atoms. The van der Waals surface area contributed by atoms with Crippen molar-refractivity contribution in [1.29, 1.82) is 0 Å². The van der Waals surface area contributed by atoms with E-state index in [1.807, 2.05) is 100 Å². The van der Waals surface area contributed by atoms with Crippen LogP contribution in [0.3, 0.4) is 0 Å². The van der Waals surface area contributed by atoms with E-state index in [0.29, 0.717) is 71.9 Å². The Hall–Kier alpha value is -4.92. The Morgan fingerprint density at radius 2 is 0.886 bits per heavy atom. The van der Waals surface area contributed by atoms with Crippen molar-refractivity contribution in [1.82, 2.24) is 19.9 Å². The monoisotopic (exact) mass is 620 g/mol. The number of hydrogen-bond donors (Lipinski definition) is 2. The van der Waals surface area contributed by atoms with Gasteiger partial charge in [0, 0.05) is 10.0 Å². The largest absolute Gasteiger partial charge is 0.301 e. The maximum absolute atomic E-state index is 6.08. The maximum Gasteiger partial charge on any atom is 0.128 e. The van der Waals surface area contributed by atoms with Crippen LogP contribution in [0.2, 0.25) is 10.0 Å². The van der Waals surface area contributed by atoms with E-state index >= 15 is 0 Å². The third kappa shape index (κ3) is 7.72. The first kappa shape index (κ1) is 30.5. The highest BCUT2D eigenvalue weighted by molar-refractivity contribution is 6.30. The van der Waals surface area contributed by atoms with Crippen LogP contribution in [0.4, 0.5) is 22.7 Å². The summed E-state index contributed by atoms with van der Waals surface area (Å²) in [6.07, 6.45) is 0. The van der Waals surface area contributed by atoms with E-state index < -0.39 is 0 Å². The minimum absolute atomic E-state index is 0.532. The number of aromatic nitrogens is 4. The SMILES string of the molecule is Cc1nc2ccccc2nc(C)c(NNc2ccc(Cl)cc2)c(C)nc2ccccc2nc(C)c1N=Nc1ccc(Cl)cc1. The third-order valence-electron chi connectivity index (χ3n) is 6.59. The summed E-state index contributed by atoms with van der Waals surface area (Å²) in [4.78, 5) is 19.9.